The molecular formula is C23H25FN6O3S. The number of benzene rings is 2. The second-order valence-electron chi connectivity index (χ2n) is 8.08. The van der Waals surface area contributed by atoms with Crippen LogP contribution in [-0.4, -0.2) is 49.7 Å². The molecule has 3 N–H and O–H groups in total. The van der Waals surface area contributed by atoms with E-state index in [0.717, 1.165) is 17.4 Å². The molecule has 0 aliphatic carbocycles. The van der Waals surface area contributed by atoms with Crippen LogP contribution in [0.5, 0.6) is 5.75 Å². The van der Waals surface area contributed by atoms with Gasteiger partial charge in [-0.2, -0.15) is 9.62 Å². The van der Waals surface area contributed by atoms with E-state index in [2.05, 4.69) is 25.0 Å². The van der Waals surface area contributed by atoms with Crippen molar-refractivity contribution in [2.75, 3.05) is 23.4 Å². The van der Waals surface area contributed by atoms with Gasteiger partial charge in [-0.15, -0.1) is 0 Å². The van der Waals surface area contributed by atoms with Crippen molar-refractivity contribution in [1.82, 2.24) is 15.3 Å². The van der Waals surface area contributed by atoms with Gasteiger partial charge in [-0.3, -0.25) is 5.32 Å². The molecule has 178 valence electrons. The maximum absolute atomic E-state index is 14.0. The van der Waals surface area contributed by atoms with Crippen LogP contribution >= 0.6 is 0 Å². The molecule has 11 heteroatoms. The van der Waals surface area contributed by atoms with Crippen molar-refractivity contribution in [3.05, 3.63) is 48.0 Å². The lowest BCUT2D eigenvalue weighted by molar-refractivity contribution is 0.0270. The van der Waals surface area contributed by atoms with E-state index in [-0.39, 0.29) is 12.3 Å². The van der Waals surface area contributed by atoms with E-state index < -0.39 is 27.9 Å². The zero-order chi connectivity index (χ0) is 24.3. The number of aryl methyl sites for hydroxylation is 1. The number of aromatic nitrogens is 2. The molecule has 2 heterocycles. The highest BCUT2D eigenvalue weighted by Gasteiger charge is 2.21. The van der Waals surface area contributed by atoms with Gasteiger partial charge in [0.1, 0.15) is 36.0 Å². The van der Waals surface area contributed by atoms with Crippen LogP contribution in [0.3, 0.4) is 0 Å². The first-order chi connectivity index (χ1) is 16.3. The van der Waals surface area contributed by atoms with Crippen molar-refractivity contribution in [3.8, 4) is 11.8 Å². The second-order valence-corrected chi connectivity index (χ2v) is 10.6. The van der Waals surface area contributed by atoms with Crippen LogP contribution in [0.2, 0.25) is 0 Å². The molecule has 1 aromatic heterocycles. The summed E-state index contributed by atoms with van der Waals surface area (Å²) in [5.74, 6) is 1.38. The summed E-state index contributed by atoms with van der Waals surface area (Å²) in [6, 6.07) is 9.51. The Kier molecular flexibility index (Phi) is 6.92. The Labute approximate surface area is 197 Å². The van der Waals surface area contributed by atoms with Crippen LogP contribution in [0.4, 0.5) is 21.6 Å². The van der Waals surface area contributed by atoms with E-state index >= 15 is 0 Å². The Morgan fingerprint density at radius 3 is 2.82 bits per heavy atom. The van der Waals surface area contributed by atoms with Crippen LogP contribution in [0, 0.1) is 24.1 Å². The first-order valence-electron chi connectivity index (χ1n) is 10.8. The number of ether oxygens (including phenoxy) is 1. The number of fused-ring (bicyclic) bond motifs is 1. The SMILES string of the molecule is Cc1cc(N=S2(=O)CCC2)cc2ncnc(Nc3ccc(F)cc3O[C@H](C)C(O)NCC#N)c12. The van der Waals surface area contributed by atoms with E-state index in [1.54, 1.807) is 13.0 Å². The molecule has 3 aromatic rings. The highest BCUT2D eigenvalue weighted by atomic mass is 32.2. The summed E-state index contributed by atoms with van der Waals surface area (Å²) < 4.78 is 36.7. The fourth-order valence-electron chi connectivity index (χ4n) is 3.60. The summed E-state index contributed by atoms with van der Waals surface area (Å²) in [6.45, 7) is 3.44. The predicted molar refractivity (Wildman–Crippen MR) is 128 cm³/mol. The lowest BCUT2D eigenvalue weighted by Crippen LogP contribution is -2.41. The van der Waals surface area contributed by atoms with Gasteiger partial charge in [0.25, 0.3) is 0 Å². The first kappa shape index (κ1) is 23.8. The Hall–Kier alpha value is -3.33. The third kappa shape index (κ3) is 5.25. The maximum Gasteiger partial charge on any atom is 0.146 e. The van der Waals surface area contributed by atoms with Gasteiger partial charge < -0.3 is 15.2 Å². The minimum absolute atomic E-state index is 0.0570. The van der Waals surface area contributed by atoms with Crippen molar-refractivity contribution in [2.24, 2.45) is 4.36 Å². The molecular weight excluding hydrogens is 459 g/mol. The maximum atomic E-state index is 14.0. The largest absolute Gasteiger partial charge is 0.484 e. The normalized spacial score (nSPS) is 16.2. The monoisotopic (exact) mass is 484 g/mol. The minimum Gasteiger partial charge on any atom is -0.484 e. The third-order valence-electron chi connectivity index (χ3n) is 5.46. The average molecular weight is 485 g/mol. The highest BCUT2D eigenvalue weighted by molar-refractivity contribution is 7.95. The minimum atomic E-state index is -2.15. The Bertz CT molecular complexity index is 1370. The molecule has 0 saturated carbocycles. The van der Waals surface area contributed by atoms with E-state index in [1.807, 2.05) is 19.1 Å². The zero-order valence-electron chi connectivity index (χ0n) is 18.8. The van der Waals surface area contributed by atoms with E-state index in [1.165, 1.54) is 24.5 Å². The van der Waals surface area contributed by atoms with E-state index in [9.17, 15) is 13.7 Å². The molecule has 1 aliphatic heterocycles. The van der Waals surface area contributed by atoms with Gasteiger partial charge in [0.2, 0.25) is 0 Å². The van der Waals surface area contributed by atoms with Crippen molar-refractivity contribution < 1.29 is 18.4 Å². The molecule has 0 spiro atoms. The van der Waals surface area contributed by atoms with Gasteiger partial charge in [0.05, 0.1) is 39.2 Å². The number of anilines is 2. The summed E-state index contributed by atoms with van der Waals surface area (Å²) in [5, 5.41) is 25.3. The molecule has 2 atom stereocenters. The average Bonchev–Trinajstić information content (AvgIpc) is 2.78. The molecule has 9 nitrogen and oxygen atoms in total. The van der Waals surface area contributed by atoms with Gasteiger partial charge in [-0.1, -0.05) is 0 Å². The molecule has 1 saturated heterocycles. The summed E-state index contributed by atoms with van der Waals surface area (Å²) in [6.07, 6.45) is 0.440. The topological polar surface area (TPSA) is 133 Å². The van der Waals surface area contributed by atoms with Crippen LogP contribution in [0.15, 0.2) is 41.0 Å². The summed E-state index contributed by atoms with van der Waals surface area (Å²) in [5.41, 5.74) is 2.53. The lowest BCUT2D eigenvalue weighted by atomic mass is 10.1. The van der Waals surface area contributed by atoms with Gasteiger partial charge in [0, 0.05) is 23.0 Å². The van der Waals surface area contributed by atoms with Gasteiger partial charge in [-0.25, -0.2) is 18.6 Å². The molecule has 34 heavy (non-hydrogen) atoms. The molecule has 1 aliphatic rings. The first-order valence-corrected chi connectivity index (χ1v) is 12.6. The number of aliphatic hydroxyl groups is 1. The molecule has 1 unspecified atom stereocenters. The van der Waals surface area contributed by atoms with Crippen LogP contribution < -0.4 is 15.4 Å². The van der Waals surface area contributed by atoms with Crippen molar-refractivity contribution in [1.29, 1.82) is 5.26 Å². The number of rotatable bonds is 8. The zero-order valence-corrected chi connectivity index (χ0v) is 19.6. The smallest absolute Gasteiger partial charge is 0.146 e. The fraction of sp³-hybridized carbons (Fsp3) is 0.348. The van der Waals surface area contributed by atoms with Crippen LogP contribution in [-0.2, 0) is 9.73 Å². The molecule has 1 fully saturated rings. The van der Waals surface area contributed by atoms with Crippen LogP contribution in [0.1, 0.15) is 18.9 Å². The Morgan fingerprint density at radius 2 is 2.12 bits per heavy atom. The molecule has 2 aromatic carbocycles. The number of hydrogen-bond acceptors (Lipinski definition) is 9. The lowest BCUT2D eigenvalue weighted by Gasteiger charge is -2.22. The number of nitrogens with one attached hydrogen (secondary N) is 2. The third-order valence-corrected chi connectivity index (χ3v) is 7.86. The van der Waals surface area contributed by atoms with Crippen LogP contribution in [0.25, 0.3) is 10.9 Å². The fourth-order valence-corrected chi connectivity index (χ4v) is 5.06. The quantitative estimate of drug-likeness (QED) is 0.327. The van der Waals surface area contributed by atoms with Gasteiger partial charge >= 0.3 is 0 Å². The molecule has 0 amide bonds. The summed E-state index contributed by atoms with van der Waals surface area (Å²) in [7, 11) is -2.15. The van der Waals surface area contributed by atoms with Crippen molar-refractivity contribution in [2.45, 2.75) is 32.6 Å². The van der Waals surface area contributed by atoms with E-state index in [4.69, 9.17) is 10.00 Å². The number of nitrogens with zero attached hydrogens (tertiary/aromatic N) is 4. The number of hydrogen-bond donors (Lipinski definition) is 3. The number of halogens is 1. The predicted octanol–water partition coefficient (Wildman–Crippen LogP) is 3.52. The van der Waals surface area contributed by atoms with Crippen molar-refractivity contribution in [3.63, 3.8) is 0 Å². The van der Waals surface area contributed by atoms with Gasteiger partial charge in [-0.05, 0) is 50.1 Å². The Morgan fingerprint density at radius 1 is 1.32 bits per heavy atom. The molecule has 0 radical (unpaired) electrons. The van der Waals surface area contributed by atoms with Crippen molar-refractivity contribution >= 4 is 37.8 Å². The summed E-state index contributed by atoms with van der Waals surface area (Å²) in [4.78, 5) is 8.71. The molecule has 0 bridgehead atoms. The molecule has 4 rings (SSSR count). The number of nitriles is 1. The highest BCUT2D eigenvalue weighted by Crippen LogP contribution is 2.34. The van der Waals surface area contributed by atoms with E-state index in [0.29, 0.717) is 34.2 Å². The van der Waals surface area contributed by atoms with Gasteiger partial charge in [0.15, 0.2) is 0 Å². The number of aliphatic hydroxyl groups excluding tert-OH is 1. The standard InChI is InChI=1S/C23H25FN6O3S/c1-14-10-17(30-34(32)8-3-9-34)12-19-21(14)22(28-13-27-19)29-18-5-4-16(24)11-20(18)33-15(2)23(31)26-7-6-25/h4-5,10-13,15,23,26,31H,3,7-9H2,1-2H3,(H,27,28,29)/t15-,23?/m1/s1. The Balaban J connectivity index is 1.66. The summed E-state index contributed by atoms with van der Waals surface area (Å²) >= 11 is 0. The second kappa shape index (κ2) is 9.89.